The normalized spacial score (nSPS) is 10.4. The van der Waals surface area contributed by atoms with Crippen molar-refractivity contribution in [3.8, 4) is 0 Å². The number of anilines is 1. The van der Waals surface area contributed by atoms with Crippen LogP contribution in [-0.2, 0) is 6.54 Å². The summed E-state index contributed by atoms with van der Waals surface area (Å²) in [6, 6.07) is 0. The highest BCUT2D eigenvalue weighted by Gasteiger charge is 2.06. The van der Waals surface area contributed by atoms with Crippen molar-refractivity contribution in [3.63, 3.8) is 0 Å². The minimum absolute atomic E-state index is 0.0526. The van der Waals surface area contributed by atoms with Crippen LogP contribution in [0.5, 0.6) is 0 Å². The molecule has 0 aromatic carbocycles. The summed E-state index contributed by atoms with van der Waals surface area (Å²) in [5.41, 5.74) is 0.0526. The SMILES string of the molecule is Cc1nsc(NCCn2cnc(C(=O)O)c2)n1. The van der Waals surface area contributed by atoms with Gasteiger partial charge in [0, 0.05) is 30.8 Å². The molecule has 2 aromatic rings. The Kier molecular flexibility index (Phi) is 3.33. The van der Waals surface area contributed by atoms with E-state index in [4.69, 9.17) is 5.11 Å². The molecule has 17 heavy (non-hydrogen) atoms. The Morgan fingerprint density at radius 3 is 3.06 bits per heavy atom. The largest absolute Gasteiger partial charge is 0.476 e. The van der Waals surface area contributed by atoms with Gasteiger partial charge in [-0.1, -0.05) is 0 Å². The molecule has 0 fully saturated rings. The number of nitrogens with one attached hydrogen (secondary N) is 1. The maximum Gasteiger partial charge on any atom is 0.356 e. The second-order valence-electron chi connectivity index (χ2n) is 3.38. The Morgan fingerprint density at radius 1 is 1.65 bits per heavy atom. The molecular formula is C9H11N5O2S. The second-order valence-corrected chi connectivity index (χ2v) is 4.13. The quantitative estimate of drug-likeness (QED) is 0.820. The first-order valence-corrected chi connectivity index (χ1v) is 5.72. The summed E-state index contributed by atoms with van der Waals surface area (Å²) in [7, 11) is 0. The zero-order valence-corrected chi connectivity index (χ0v) is 9.94. The smallest absolute Gasteiger partial charge is 0.356 e. The van der Waals surface area contributed by atoms with Crippen molar-refractivity contribution >= 4 is 22.6 Å². The fourth-order valence-electron chi connectivity index (χ4n) is 1.25. The van der Waals surface area contributed by atoms with Gasteiger partial charge in [0.05, 0.1) is 6.33 Å². The Hall–Kier alpha value is -1.96. The van der Waals surface area contributed by atoms with Gasteiger partial charge in [-0.25, -0.2) is 14.8 Å². The van der Waals surface area contributed by atoms with Crippen LogP contribution in [-0.4, -0.2) is 36.5 Å². The highest BCUT2D eigenvalue weighted by molar-refractivity contribution is 7.09. The summed E-state index contributed by atoms with van der Waals surface area (Å²) in [5, 5.41) is 12.6. The van der Waals surface area contributed by atoms with E-state index in [1.807, 2.05) is 6.92 Å². The van der Waals surface area contributed by atoms with E-state index in [1.165, 1.54) is 24.1 Å². The molecule has 0 aliphatic heterocycles. The number of carboxylic acid groups (broad SMARTS) is 1. The Morgan fingerprint density at radius 2 is 2.47 bits per heavy atom. The van der Waals surface area contributed by atoms with Crippen LogP contribution in [0.2, 0.25) is 0 Å². The topological polar surface area (TPSA) is 92.9 Å². The average Bonchev–Trinajstić information content (AvgIpc) is 2.88. The van der Waals surface area contributed by atoms with Gasteiger partial charge in [0.2, 0.25) is 5.13 Å². The molecule has 0 spiro atoms. The van der Waals surface area contributed by atoms with Crippen molar-refractivity contribution in [1.29, 1.82) is 0 Å². The average molecular weight is 253 g/mol. The Labute approximate surface area is 101 Å². The van der Waals surface area contributed by atoms with Crippen molar-refractivity contribution in [1.82, 2.24) is 18.9 Å². The van der Waals surface area contributed by atoms with E-state index in [9.17, 15) is 4.79 Å². The van der Waals surface area contributed by atoms with Crippen LogP contribution >= 0.6 is 11.5 Å². The number of hydrogen-bond acceptors (Lipinski definition) is 6. The molecule has 0 atom stereocenters. The standard InChI is InChI=1S/C9H11N5O2S/c1-6-12-9(17-13-6)10-2-3-14-4-7(8(15)16)11-5-14/h4-5H,2-3H2,1H3,(H,15,16)(H,10,12,13). The van der Waals surface area contributed by atoms with Gasteiger partial charge in [0.25, 0.3) is 0 Å². The first-order valence-electron chi connectivity index (χ1n) is 4.94. The second kappa shape index (κ2) is 4.91. The lowest BCUT2D eigenvalue weighted by Gasteiger charge is -2.02. The fraction of sp³-hybridized carbons (Fsp3) is 0.333. The van der Waals surface area contributed by atoms with Gasteiger partial charge in [0.15, 0.2) is 5.69 Å². The number of carboxylic acids is 1. The fourth-order valence-corrected chi connectivity index (χ4v) is 1.85. The number of nitrogens with zero attached hydrogens (tertiary/aromatic N) is 4. The monoisotopic (exact) mass is 253 g/mol. The molecule has 8 heteroatoms. The lowest BCUT2D eigenvalue weighted by atomic mass is 10.5. The van der Waals surface area contributed by atoms with E-state index in [1.54, 1.807) is 4.57 Å². The van der Waals surface area contributed by atoms with Gasteiger partial charge in [-0.2, -0.15) is 4.37 Å². The molecule has 90 valence electrons. The van der Waals surface area contributed by atoms with Gasteiger partial charge in [-0.15, -0.1) is 0 Å². The molecule has 0 saturated carbocycles. The van der Waals surface area contributed by atoms with Gasteiger partial charge in [0.1, 0.15) is 5.82 Å². The summed E-state index contributed by atoms with van der Waals surface area (Å²) in [5.74, 6) is -0.273. The third kappa shape index (κ3) is 3.00. The number of aromatic nitrogens is 4. The van der Waals surface area contributed by atoms with Crippen LogP contribution in [0.15, 0.2) is 12.5 Å². The lowest BCUT2D eigenvalue weighted by Crippen LogP contribution is -2.09. The van der Waals surface area contributed by atoms with Crippen molar-refractivity contribution in [2.75, 3.05) is 11.9 Å². The Bertz CT molecular complexity index is 521. The number of aromatic carboxylic acids is 1. The number of aryl methyl sites for hydroxylation is 1. The molecule has 0 saturated heterocycles. The number of carbonyl (C=O) groups is 1. The van der Waals surface area contributed by atoms with Crippen LogP contribution in [0.4, 0.5) is 5.13 Å². The first kappa shape index (κ1) is 11.5. The molecule has 0 aliphatic rings. The zero-order chi connectivity index (χ0) is 12.3. The van der Waals surface area contributed by atoms with Gasteiger partial charge in [-0.05, 0) is 6.92 Å². The van der Waals surface area contributed by atoms with Gasteiger partial charge in [-0.3, -0.25) is 0 Å². The molecule has 0 bridgehead atoms. The van der Waals surface area contributed by atoms with E-state index in [2.05, 4.69) is 19.7 Å². The zero-order valence-electron chi connectivity index (χ0n) is 9.12. The number of imidazole rings is 1. The van der Waals surface area contributed by atoms with Crippen LogP contribution in [0.3, 0.4) is 0 Å². The van der Waals surface area contributed by atoms with E-state index in [0.717, 1.165) is 11.0 Å². The van der Waals surface area contributed by atoms with Crippen molar-refractivity contribution in [2.45, 2.75) is 13.5 Å². The molecule has 2 N–H and O–H groups in total. The van der Waals surface area contributed by atoms with Crippen molar-refractivity contribution in [2.24, 2.45) is 0 Å². The van der Waals surface area contributed by atoms with Gasteiger partial charge < -0.3 is 15.0 Å². The maximum atomic E-state index is 10.6. The summed E-state index contributed by atoms with van der Waals surface area (Å²) in [4.78, 5) is 18.5. The third-order valence-electron chi connectivity index (χ3n) is 2.03. The molecule has 2 rings (SSSR count). The number of rotatable bonds is 5. The summed E-state index contributed by atoms with van der Waals surface area (Å²) >= 11 is 1.30. The van der Waals surface area contributed by atoms with Crippen molar-refractivity contribution in [3.05, 3.63) is 24.0 Å². The van der Waals surface area contributed by atoms with Crippen LogP contribution in [0.1, 0.15) is 16.3 Å². The predicted molar refractivity (Wildman–Crippen MR) is 62.3 cm³/mol. The van der Waals surface area contributed by atoms with E-state index < -0.39 is 5.97 Å². The summed E-state index contributed by atoms with van der Waals surface area (Å²) in [6.07, 6.45) is 2.99. The first-order chi connectivity index (χ1) is 8.15. The minimum Gasteiger partial charge on any atom is -0.476 e. The van der Waals surface area contributed by atoms with Crippen molar-refractivity contribution < 1.29 is 9.90 Å². The molecule has 0 amide bonds. The molecule has 2 aromatic heterocycles. The maximum absolute atomic E-state index is 10.6. The van der Waals surface area contributed by atoms with Gasteiger partial charge >= 0.3 is 5.97 Å². The Balaban J connectivity index is 1.83. The molecular weight excluding hydrogens is 242 g/mol. The summed E-state index contributed by atoms with van der Waals surface area (Å²) in [6.45, 7) is 3.10. The predicted octanol–water partition coefficient (Wildman–Crippen LogP) is 0.853. The third-order valence-corrected chi connectivity index (χ3v) is 2.79. The number of hydrogen-bond donors (Lipinski definition) is 2. The molecule has 0 unspecified atom stereocenters. The highest BCUT2D eigenvalue weighted by atomic mass is 32.1. The highest BCUT2D eigenvalue weighted by Crippen LogP contribution is 2.09. The van der Waals surface area contributed by atoms with Crippen LogP contribution in [0, 0.1) is 6.92 Å². The van der Waals surface area contributed by atoms with E-state index in [-0.39, 0.29) is 5.69 Å². The molecule has 0 aliphatic carbocycles. The van der Waals surface area contributed by atoms with Crippen LogP contribution < -0.4 is 5.32 Å². The van der Waals surface area contributed by atoms with E-state index >= 15 is 0 Å². The molecule has 7 nitrogen and oxygen atoms in total. The summed E-state index contributed by atoms with van der Waals surface area (Å²) < 4.78 is 5.75. The lowest BCUT2D eigenvalue weighted by molar-refractivity contribution is 0.0691. The van der Waals surface area contributed by atoms with E-state index in [0.29, 0.717) is 13.1 Å². The molecule has 0 radical (unpaired) electrons. The molecule has 2 heterocycles. The van der Waals surface area contributed by atoms with Crippen LogP contribution in [0.25, 0.3) is 0 Å². The minimum atomic E-state index is -1.02.